The minimum Gasteiger partial charge on any atom is -0.335 e. The molecule has 1 amide bonds. The van der Waals surface area contributed by atoms with Gasteiger partial charge in [0.15, 0.2) is 0 Å². The highest BCUT2D eigenvalue weighted by Crippen LogP contribution is 2.14. The van der Waals surface area contributed by atoms with Crippen LogP contribution in [0.5, 0.6) is 0 Å². The van der Waals surface area contributed by atoms with E-state index in [9.17, 15) is 10.1 Å². The molecular weight excluding hydrogens is 250 g/mol. The average Bonchev–Trinajstić information content (AvgIpc) is 2.46. The molecule has 1 aromatic carbocycles. The summed E-state index contributed by atoms with van der Waals surface area (Å²) in [5.74, 6) is -0.163. The van der Waals surface area contributed by atoms with E-state index in [4.69, 9.17) is 0 Å². The summed E-state index contributed by atoms with van der Waals surface area (Å²) in [5.41, 5.74) is 2.20. The van der Waals surface area contributed by atoms with E-state index < -0.39 is 0 Å². The summed E-state index contributed by atoms with van der Waals surface area (Å²) in [7, 11) is 2.04. The van der Waals surface area contributed by atoms with Crippen LogP contribution in [0.2, 0.25) is 0 Å². The van der Waals surface area contributed by atoms with Crippen LogP contribution in [0.1, 0.15) is 11.1 Å². The van der Waals surface area contributed by atoms with Crippen molar-refractivity contribution < 1.29 is 4.79 Å². The van der Waals surface area contributed by atoms with Crippen molar-refractivity contribution in [3.8, 4) is 6.07 Å². The number of carbonyl (C=O) groups excluding carboxylic acids is 1. The number of piperazine rings is 1. The van der Waals surface area contributed by atoms with Crippen LogP contribution in [0, 0.1) is 18.3 Å². The van der Waals surface area contributed by atoms with Gasteiger partial charge in [-0.25, -0.2) is 0 Å². The molecule has 4 heteroatoms. The van der Waals surface area contributed by atoms with Gasteiger partial charge < -0.3 is 9.80 Å². The maximum Gasteiger partial charge on any atom is 0.264 e. The smallest absolute Gasteiger partial charge is 0.264 e. The Balaban J connectivity index is 2.18. The highest BCUT2D eigenvalue weighted by molar-refractivity contribution is 6.01. The lowest BCUT2D eigenvalue weighted by atomic mass is 10.1. The van der Waals surface area contributed by atoms with Gasteiger partial charge in [-0.05, 0) is 31.2 Å². The molecule has 1 fully saturated rings. The third kappa shape index (κ3) is 3.25. The lowest BCUT2D eigenvalue weighted by molar-refractivity contribution is -0.128. The summed E-state index contributed by atoms with van der Waals surface area (Å²) >= 11 is 0. The minimum atomic E-state index is -0.163. The molecule has 1 aromatic rings. The van der Waals surface area contributed by atoms with Gasteiger partial charge in [0.25, 0.3) is 5.91 Å². The Bertz CT molecular complexity index is 563. The molecule has 20 heavy (non-hydrogen) atoms. The van der Waals surface area contributed by atoms with Crippen molar-refractivity contribution in [3.05, 3.63) is 41.0 Å². The van der Waals surface area contributed by atoms with Crippen molar-refractivity contribution in [2.45, 2.75) is 6.92 Å². The number of rotatable bonds is 2. The summed E-state index contributed by atoms with van der Waals surface area (Å²) in [4.78, 5) is 16.3. The number of likely N-dealkylation sites (N-methyl/N-ethyl adjacent to an activating group) is 1. The van der Waals surface area contributed by atoms with Crippen molar-refractivity contribution >= 4 is 12.0 Å². The molecule has 1 aliphatic heterocycles. The van der Waals surface area contributed by atoms with Crippen molar-refractivity contribution in [1.82, 2.24) is 9.80 Å². The highest BCUT2D eigenvalue weighted by atomic mass is 16.2. The summed E-state index contributed by atoms with van der Waals surface area (Å²) in [6, 6.07) is 9.79. The Kier molecular flexibility index (Phi) is 4.54. The van der Waals surface area contributed by atoms with Gasteiger partial charge in [-0.2, -0.15) is 5.26 Å². The number of hydrogen-bond acceptors (Lipinski definition) is 3. The second-order valence-electron chi connectivity index (χ2n) is 5.12. The Hall–Kier alpha value is -2.12. The van der Waals surface area contributed by atoms with Gasteiger partial charge >= 0.3 is 0 Å². The first kappa shape index (κ1) is 14.3. The van der Waals surface area contributed by atoms with Gasteiger partial charge in [-0.15, -0.1) is 0 Å². The largest absolute Gasteiger partial charge is 0.335 e. The predicted molar refractivity (Wildman–Crippen MR) is 78.8 cm³/mol. The first-order chi connectivity index (χ1) is 9.61. The average molecular weight is 269 g/mol. The topological polar surface area (TPSA) is 47.3 Å². The van der Waals surface area contributed by atoms with E-state index in [1.165, 1.54) is 0 Å². The molecule has 0 spiro atoms. The van der Waals surface area contributed by atoms with Crippen LogP contribution in [0.15, 0.2) is 29.8 Å². The van der Waals surface area contributed by atoms with Crippen LogP contribution in [-0.4, -0.2) is 48.9 Å². The van der Waals surface area contributed by atoms with Crippen molar-refractivity contribution in [1.29, 1.82) is 5.26 Å². The number of amides is 1. The fraction of sp³-hybridized carbons (Fsp3) is 0.375. The molecule has 1 saturated heterocycles. The number of aryl methyl sites for hydroxylation is 1. The van der Waals surface area contributed by atoms with Crippen LogP contribution in [0.3, 0.4) is 0 Å². The van der Waals surface area contributed by atoms with E-state index in [1.54, 1.807) is 11.0 Å². The van der Waals surface area contributed by atoms with Crippen molar-refractivity contribution in [2.75, 3.05) is 33.2 Å². The number of nitriles is 1. The lowest BCUT2D eigenvalue weighted by Crippen LogP contribution is -2.47. The maximum atomic E-state index is 12.4. The summed E-state index contributed by atoms with van der Waals surface area (Å²) in [5, 5.41) is 9.26. The summed E-state index contributed by atoms with van der Waals surface area (Å²) < 4.78 is 0. The van der Waals surface area contributed by atoms with Gasteiger partial charge in [0, 0.05) is 26.2 Å². The van der Waals surface area contributed by atoms with Crippen molar-refractivity contribution in [3.63, 3.8) is 0 Å². The molecule has 2 rings (SSSR count). The van der Waals surface area contributed by atoms with E-state index in [-0.39, 0.29) is 11.5 Å². The van der Waals surface area contributed by atoms with Crippen LogP contribution >= 0.6 is 0 Å². The second-order valence-corrected chi connectivity index (χ2v) is 5.12. The molecule has 0 radical (unpaired) electrons. The Morgan fingerprint density at radius 2 is 1.90 bits per heavy atom. The van der Waals surface area contributed by atoms with Gasteiger partial charge in [0.1, 0.15) is 11.6 Å². The fourth-order valence-corrected chi connectivity index (χ4v) is 2.23. The van der Waals surface area contributed by atoms with E-state index in [0.717, 1.165) is 24.2 Å². The van der Waals surface area contributed by atoms with Crippen LogP contribution < -0.4 is 0 Å². The molecule has 0 atom stereocenters. The summed E-state index contributed by atoms with van der Waals surface area (Å²) in [6.45, 7) is 5.05. The van der Waals surface area contributed by atoms with Gasteiger partial charge in [0.05, 0.1) is 0 Å². The molecule has 1 heterocycles. The standard InChI is InChI=1S/C16H19N3O/c1-13-5-3-4-6-14(13)11-15(12-17)16(20)19-9-7-18(2)8-10-19/h3-6,11H,7-10H2,1-2H3/b15-11+. The Morgan fingerprint density at radius 3 is 2.50 bits per heavy atom. The first-order valence-electron chi connectivity index (χ1n) is 6.77. The lowest BCUT2D eigenvalue weighted by Gasteiger charge is -2.32. The zero-order valence-corrected chi connectivity index (χ0v) is 12.0. The molecular formula is C16H19N3O. The molecule has 104 valence electrons. The monoisotopic (exact) mass is 269 g/mol. The third-order valence-corrected chi connectivity index (χ3v) is 3.63. The highest BCUT2D eigenvalue weighted by Gasteiger charge is 2.22. The molecule has 0 bridgehead atoms. The van der Waals surface area contributed by atoms with E-state index in [2.05, 4.69) is 4.90 Å². The molecule has 0 saturated carbocycles. The zero-order chi connectivity index (χ0) is 14.5. The quantitative estimate of drug-likeness (QED) is 0.606. The van der Waals surface area contributed by atoms with Gasteiger partial charge in [-0.3, -0.25) is 4.79 Å². The normalized spacial score (nSPS) is 16.9. The predicted octanol–water partition coefficient (Wildman–Crippen LogP) is 1.68. The third-order valence-electron chi connectivity index (χ3n) is 3.63. The number of nitrogens with zero attached hydrogens (tertiary/aromatic N) is 3. The van der Waals surface area contributed by atoms with E-state index in [0.29, 0.717) is 13.1 Å². The molecule has 0 unspecified atom stereocenters. The molecule has 0 aliphatic carbocycles. The van der Waals surface area contributed by atoms with Crippen LogP contribution in [0.4, 0.5) is 0 Å². The molecule has 4 nitrogen and oxygen atoms in total. The van der Waals surface area contributed by atoms with Gasteiger partial charge in [0.2, 0.25) is 0 Å². The first-order valence-corrected chi connectivity index (χ1v) is 6.77. The molecule has 0 aromatic heterocycles. The van der Waals surface area contributed by atoms with Crippen LogP contribution in [-0.2, 0) is 4.79 Å². The number of hydrogen-bond donors (Lipinski definition) is 0. The minimum absolute atomic E-state index is 0.163. The number of benzene rings is 1. The number of carbonyl (C=O) groups is 1. The van der Waals surface area contributed by atoms with Crippen molar-refractivity contribution in [2.24, 2.45) is 0 Å². The van der Waals surface area contributed by atoms with Gasteiger partial charge in [-0.1, -0.05) is 24.3 Å². The SMILES string of the molecule is Cc1ccccc1/C=C(\C#N)C(=O)N1CCN(C)CC1. The second kappa shape index (κ2) is 6.36. The fourth-order valence-electron chi connectivity index (χ4n) is 2.23. The Morgan fingerprint density at radius 1 is 1.25 bits per heavy atom. The molecule has 1 aliphatic rings. The summed E-state index contributed by atoms with van der Waals surface area (Å²) in [6.07, 6.45) is 1.69. The molecule has 0 N–H and O–H groups in total. The van der Waals surface area contributed by atoms with E-state index in [1.807, 2.05) is 44.3 Å². The van der Waals surface area contributed by atoms with E-state index >= 15 is 0 Å². The van der Waals surface area contributed by atoms with Crippen LogP contribution in [0.25, 0.3) is 6.08 Å². The Labute approximate surface area is 119 Å². The maximum absolute atomic E-state index is 12.4. The zero-order valence-electron chi connectivity index (χ0n) is 12.0.